The number of rotatable bonds is 4. The van der Waals surface area contributed by atoms with Gasteiger partial charge in [-0.3, -0.25) is 0 Å². The minimum atomic E-state index is -0.445. The zero-order chi connectivity index (χ0) is 7.28. The van der Waals surface area contributed by atoms with Crippen LogP contribution in [0.5, 0.6) is 0 Å². The van der Waals surface area contributed by atoms with Crippen molar-refractivity contribution in [1.29, 1.82) is 0 Å². The maximum atomic E-state index is 8.69. The Balaban J connectivity index is 3.06. The molecule has 0 aliphatic rings. The summed E-state index contributed by atoms with van der Waals surface area (Å²) in [6.45, 7) is 3.70. The van der Waals surface area contributed by atoms with E-state index in [1.807, 2.05) is 0 Å². The van der Waals surface area contributed by atoms with Crippen LogP contribution < -0.4 is 0 Å². The van der Waals surface area contributed by atoms with Gasteiger partial charge in [-0.2, -0.15) is 0 Å². The van der Waals surface area contributed by atoms with Gasteiger partial charge in [0.1, 0.15) is 0 Å². The molecule has 0 aliphatic carbocycles. The van der Waals surface area contributed by atoms with Crippen LogP contribution in [-0.4, -0.2) is 35.6 Å². The van der Waals surface area contributed by atoms with E-state index in [-0.39, 0.29) is 12.7 Å². The molecule has 0 heterocycles. The van der Waals surface area contributed by atoms with Crippen LogP contribution in [0.1, 0.15) is 13.8 Å². The lowest BCUT2D eigenvalue weighted by atomic mass is 10.4. The van der Waals surface area contributed by atoms with E-state index in [4.69, 9.17) is 14.9 Å². The Kier molecular flexibility index (Phi) is 4.67. The number of aliphatic hydroxyl groups is 2. The molecular formula is C6H14O3. The van der Waals surface area contributed by atoms with Gasteiger partial charge in [-0.1, -0.05) is 0 Å². The van der Waals surface area contributed by atoms with Crippen molar-refractivity contribution in [1.82, 2.24) is 0 Å². The molecule has 0 spiro atoms. The Labute approximate surface area is 55.3 Å². The van der Waals surface area contributed by atoms with E-state index in [1.54, 1.807) is 13.8 Å². The first-order chi connectivity index (χ1) is 4.16. The van der Waals surface area contributed by atoms with Crippen molar-refractivity contribution in [3.05, 3.63) is 0 Å². The van der Waals surface area contributed by atoms with Crippen LogP contribution in [0.25, 0.3) is 0 Å². The molecule has 0 radical (unpaired) electrons. The average molecular weight is 134 g/mol. The first kappa shape index (κ1) is 8.88. The van der Waals surface area contributed by atoms with Crippen molar-refractivity contribution in [2.45, 2.75) is 26.1 Å². The molecule has 3 heteroatoms. The van der Waals surface area contributed by atoms with Crippen molar-refractivity contribution < 1.29 is 14.9 Å². The molecular weight excluding hydrogens is 120 g/mol. The van der Waals surface area contributed by atoms with Crippen LogP contribution in [0.2, 0.25) is 0 Å². The van der Waals surface area contributed by atoms with Crippen molar-refractivity contribution in [2.24, 2.45) is 0 Å². The van der Waals surface area contributed by atoms with E-state index in [0.717, 1.165) is 0 Å². The Morgan fingerprint density at radius 1 is 1.44 bits per heavy atom. The summed E-state index contributed by atoms with van der Waals surface area (Å²) < 4.78 is 4.95. The Morgan fingerprint density at radius 3 is 2.33 bits per heavy atom. The van der Waals surface area contributed by atoms with E-state index < -0.39 is 6.10 Å². The summed E-state index contributed by atoms with van der Waals surface area (Å²) in [7, 11) is 0. The standard InChI is InChI=1S/C6H14O3/c1-5(8)4-9-6(2)3-7/h5-8H,3-4H2,1-2H3/t5?,6-/m1/s1. The predicted octanol–water partition coefficient (Wildman–Crippen LogP) is -0.235. The molecule has 0 aromatic heterocycles. The summed E-state index contributed by atoms with van der Waals surface area (Å²) in [5, 5.41) is 17.1. The Hall–Kier alpha value is -0.120. The molecule has 0 aliphatic heterocycles. The van der Waals surface area contributed by atoms with Gasteiger partial charge in [0.15, 0.2) is 0 Å². The monoisotopic (exact) mass is 134 g/mol. The van der Waals surface area contributed by atoms with E-state index in [1.165, 1.54) is 0 Å². The first-order valence-electron chi connectivity index (χ1n) is 3.07. The minimum absolute atomic E-state index is 0.00667. The third-order valence-corrected chi connectivity index (χ3v) is 0.879. The molecule has 0 aromatic carbocycles. The van der Waals surface area contributed by atoms with E-state index in [9.17, 15) is 0 Å². The molecule has 9 heavy (non-hydrogen) atoms. The van der Waals surface area contributed by atoms with Crippen molar-refractivity contribution in [2.75, 3.05) is 13.2 Å². The highest BCUT2D eigenvalue weighted by molar-refractivity contribution is 4.47. The molecule has 0 bridgehead atoms. The molecule has 0 rings (SSSR count). The van der Waals surface area contributed by atoms with Crippen LogP contribution in [0.15, 0.2) is 0 Å². The van der Waals surface area contributed by atoms with Gasteiger partial charge in [0.2, 0.25) is 0 Å². The fraction of sp³-hybridized carbons (Fsp3) is 1.00. The average Bonchev–Trinajstić information content (AvgIpc) is 1.83. The minimum Gasteiger partial charge on any atom is -0.394 e. The van der Waals surface area contributed by atoms with Crippen molar-refractivity contribution >= 4 is 0 Å². The van der Waals surface area contributed by atoms with Gasteiger partial charge in [0, 0.05) is 0 Å². The number of hydrogen-bond acceptors (Lipinski definition) is 3. The molecule has 2 N–H and O–H groups in total. The summed E-state index contributed by atoms with van der Waals surface area (Å²) in [5.74, 6) is 0. The van der Waals surface area contributed by atoms with Crippen LogP contribution in [0.4, 0.5) is 0 Å². The van der Waals surface area contributed by atoms with E-state index in [2.05, 4.69) is 0 Å². The summed E-state index contributed by atoms with van der Waals surface area (Å²) in [4.78, 5) is 0. The normalized spacial score (nSPS) is 17.3. The van der Waals surface area contributed by atoms with Crippen molar-refractivity contribution in [3.8, 4) is 0 Å². The quantitative estimate of drug-likeness (QED) is 0.558. The van der Waals surface area contributed by atoms with Gasteiger partial charge >= 0.3 is 0 Å². The number of ether oxygens (including phenoxy) is 1. The second-order valence-corrected chi connectivity index (χ2v) is 2.18. The lowest BCUT2D eigenvalue weighted by Gasteiger charge is -2.10. The Bertz CT molecular complexity index is 63.3. The van der Waals surface area contributed by atoms with Gasteiger partial charge in [-0.05, 0) is 13.8 Å². The maximum Gasteiger partial charge on any atom is 0.0779 e. The predicted molar refractivity (Wildman–Crippen MR) is 34.2 cm³/mol. The fourth-order valence-corrected chi connectivity index (χ4v) is 0.356. The fourth-order valence-electron chi connectivity index (χ4n) is 0.356. The zero-order valence-corrected chi connectivity index (χ0v) is 5.87. The molecule has 0 fully saturated rings. The summed E-state index contributed by atoms with van der Waals surface area (Å²) in [6, 6.07) is 0. The van der Waals surface area contributed by atoms with Gasteiger partial charge in [-0.25, -0.2) is 0 Å². The third-order valence-electron chi connectivity index (χ3n) is 0.879. The lowest BCUT2D eigenvalue weighted by molar-refractivity contribution is -0.0177. The van der Waals surface area contributed by atoms with Gasteiger partial charge in [-0.15, -0.1) is 0 Å². The van der Waals surface area contributed by atoms with Crippen LogP contribution in [0, 0.1) is 0 Å². The second kappa shape index (κ2) is 4.73. The van der Waals surface area contributed by atoms with Gasteiger partial charge < -0.3 is 14.9 Å². The third kappa shape index (κ3) is 5.76. The highest BCUT2D eigenvalue weighted by Crippen LogP contribution is 1.90. The SMILES string of the molecule is CC(O)CO[C@H](C)CO. The molecule has 0 saturated carbocycles. The summed E-state index contributed by atoms with van der Waals surface area (Å²) in [6.07, 6.45) is -0.612. The summed E-state index contributed by atoms with van der Waals surface area (Å²) in [5.41, 5.74) is 0. The number of aliphatic hydroxyl groups excluding tert-OH is 2. The zero-order valence-electron chi connectivity index (χ0n) is 5.87. The molecule has 1 unspecified atom stereocenters. The van der Waals surface area contributed by atoms with E-state index in [0.29, 0.717) is 6.61 Å². The molecule has 0 amide bonds. The highest BCUT2D eigenvalue weighted by Gasteiger charge is 2.00. The first-order valence-corrected chi connectivity index (χ1v) is 3.07. The van der Waals surface area contributed by atoms with Crippen LogP contribution in [-0.2, 0) is 4.74 Å². The Morgan fingerprint density at radius 2 is 2.00 bits per heavy atom. The maximum absolute atomic E-state index is 8.69. The molecule has 0 saturated heterocycles. The molecule has 56 valence electrons. The van der Waals surface area contributed by atoms with Crippen LogP contribution >= 0.6 is 0 Å². The van der Waals surface area contributed by atoms with Gasteiger partial charge in [0.05, 0.1) is 25.4 Å². The molecule has 0 aromatic rings. The van der Waals surface area contributed by atoms with Crippen molar-refractivity contribution in [3.63, 3.8) is 0 Å². The van der Waals surface area contributed by atoms with Crippen LogP contribution in [0.3, 0.4) is 0 Å². The van der Waals surface area contributed by atoms with E-state index >= 15 is 0 Å². The number of hydrogen-bond donors (Lipinski definition) is 2. The highest BCUT2D eigenvalue weighted by atomic mass is 16.5. The van der Waals surface area contributed by atoms with Gasteiger partial charge in [0.25, 0.3) is 0 Å². The summed E-state index contributed by atoms with van der Waals surface area (Å²) >= 11 is 0. The molecule has 3 nitrogen and oxygen atoms in total. The largest absolute Gasteiger partial charge is 0.394 e. The lowest BCUT2D eigenvalue weighted by Crippen LogP contribution is -2.19. The topological polar surface area (TPSA) is 49.7 Å². The second-order valence-electron chi connectivity index (χ2n) is 2.18. The molecule has 2 atom stereocenters. The smallest absolute Gasteiger partial charge is 0.0779 e.